The van der Waals surface area contributed by atoms with Crippen molar-refractivity contribution >= 4 is 0 Å². The first-order chi connectivity index (χ1) is 8.13. The van der Waals surface area contributed by atoms with Crippen LogP contribution < -0.4 is 5.32 Å². The average Bonchev–Trinajstić information content (AvgIpc) is 2.69. The maximum Gasteiger partial charge on any atom is 0.131 e. The summed E-state index contributed by atoms with van der Waals surface area (Å²) in [4.78, 5) is 3.99. The molecule has 1 aromatic heterocycles. The average molecular weight is 237 g/mol. The lowest BCUT2D eigenvalue weighted by Gasteiger charge is -2.17. The van der Waals surface area contributed by atoms with Gasteiger partial charge >= 0.3 is 0 Å². The first kappa shape index (κ1) is 11.7. The second kappa shape index (κ2) is 4.63. The first-order valence-corrected chi connectivity index (χ1v) is 5.22. The quantitative estimate of drug-likeness (QED) is 0.885. The number of aryl methyl sites for hydroxylation is 1. The van der Waals surface area contributed by atoms with Gasteiger partial charge in [-0.2, -0.15) is 0 Å². The molecule has 0 spiro atoms. The second-order valence-electron chi connectivity index (χ2n) is 3.82. The summed E-state index contributed by atoms with van der Waals surface area (Å²) in [5, 5.41) is 3.00. The smallest absolute Gasteiger partial charge is 0.131 e. The fourth-order valence-corrected chi connectivity index (χ4v) is 1.84. The van der Waals surface area contributed by atoms with Gasteiger partial charge in [0.05, 0.1) is 24.3 Å². The molecule has 0 radical (unpaired) electrons. The van der Waals surface area contributed by atoms with Gasteiger partial charge in [0, 0.05) is 18.7 Å². The van der Waals surface area contributed by atoms with Crippen LogP contribution in [0.5, 0.6) is 0 Å². The molecule has 0 aliphatic heterocycles. The van der Waals surface area contributed by atoms with E-state index in [2.05, 4.69) is 10.3 Å². The monoisotopic (exact) mass is 237 g/mol. The third kappa shape index (κ3) is 2.19. The lowest BCUT2D eigenvalue weighted by atomic mass is 10.0. The number of aromatic nitrogens is 2. The Morgan fingerprint density at radius 1 is 1.35 bits per heavy atom. The van der Waals surface area contributed by atoms with Crippen LogP contribution in [0, 0.1) is 11.6 Å². The Kier molecular flexibility index (Phi) is 3.19. The van der Waals surface area contributed by atoms with E-state index in [9.17, 15) is 8.78 Å². The molecule has 17 heavy (non-hydrogen) atoms. The highest BCUT2D eigenvalue weighted by Crippen LogP contribution is 2.23. The molecule has 0 amide bonds. The molecule has 3 nitrogen and oxygen atoms in total. The molecule has 1 heterocycles. The van der Waals surface area contributed by atoms with Gasteiger partial charge in [-0.3, -0.25) is 0 Å². The maximum absolute atomic E-state index is 13.7. The Balaban J connectivity index is 2.46. The van der Waals surface area contributed by atoms with Crippen LogP contribution in [0.3, 0.4) is 0 Å². The van der Waals surface area contributed by atoms with E-state index in [-0.39, 0.29) is 6.04 Å². The van der Waals surface area contributed by atoms with Gasteiger partial charge in [0.1, 0.15) is 11.6 Å². The summed E-state index contributed by atoms with van der Waals surface area (Å²) < 4.78 is 28.4. The molecule has 2 aromatic rings. The van der Waals surface area contributed by atoms with Crippen molar-refractivity contribution in [1.82, 2.24) is 14.9 Å². The van der Waals surface area contributed by atoms with Gasteiger partial charge in [-0.1, -0.05) is 6.07 Å². The van der Waals surface area contributed by atoms with Crippen LogP contribution in [0.25, 0.3) is 0 Å². The molecule has 1 unspecified atom stereocenters. The van der Waals surface area contributed by atoms with Gasteiger partial charge in [-0.05, 0) is 13.1 Å². The molecule has 1 aromatic carbocycles. The molecular formula is C12H13F2N3. The Hall–Kier alpha value is -1.75. The fourth-order valence-electron chi connectivity index (χ4n) is 1.84. The van der Waals surface area contributed by atoms with E-state index in [1.807, 2.05) is 7.05 Å². The lowest BCUT2D eigenvalue weighted by molar-refractivity contribution is 0.542. The molecule has 0 saturated heterocycles. The predicted octanol–water partition coefficient (Wildman–Crippen LogP) is 2.01. The van der Waals surface area contributed by atoms with Crippen molar-refractivity contribution in [1.29, 1.82) is 0 Å². The minimum absolute atomic E-state index is 0.344. The Morgan fingerprint density at radius 3 is 2.65 bits per heavy atom. The number of hydrogen-bond acceptors (Lipinski definition) is 2. The number of rotatable bonds is 3. The van der Waals surface area contributed by atoms with Crippen LogP contribution in [0.2, 0.25) is 0 Å². The molecule has 0 bridgehead atoms. The third-order valence-electron chi connectivity index (χ3n) is 2.71. The van der Waals surface area contributed by atoms with Gasteiger partial charge in [0.15, 0.2) is 0 Å². The summed E-state index contributed by atoms with van der Waals surface area (Å²) in [5.74, 6) is -1.14. The highest BCUT2D eigenvalue weighted by Gasteiger charge is 2.19. The van der Waals surface area contributed by atoms with Gasteiger partial charge in [0.2, 0.25) is 0 Å². The minimum Gasteiger partial charge on any atom is -0.336 e. The van der Waals surface area contributed by atoms with Crippen molar-refractivity contribution in [3.8, 4) is 0 Å². The molecule has 0 saturated carbocycles. The number of benzene rings is 1. The van der Waals surface area contributed by atoms with E-state index in [1.165, 1.54) is 12.1 Å². The summed E-state index contributed by atoms with van der Waals surface area (Å²) >= 11 is 0. The number of halogens is 2. The molecule has 90 valence electrons. The molecular weight excluding hydrogens is 224 g/mol. The number of hydrogen-bond donors (Lipinski definition) is 1. The van der Waals surface area contributed by atoms with Crippen molar-refractivity contribution < 1.29 is 8.78 Å². The second-order valence-corrected chi connectivity index (χ2v) is 3.82. The predicted molar refractivity (Wildman–Crippen MR) is 60.5 cm³/mol. The summed E-state index contributed by atoms with van der Waals surface area (Å²) in [7, 11) is 3.55. The highest BCUT2D eigenvalue weighted by atomic mass is 19.1. The zero-order valence-electron chi connectivity index (χ0n) is 9.61. The molecule has 5 heteroatoms. The van der Waals surface area contributed by atoms with E-state index in [0.717, 1.165) is 11.8 Å². The van der Waals surface area contributed by atoms with Gasteiger partial charge in [-0.15, -0.1) is 0 Å². The molecule has 0 aliphatic rings. The van der Waals surface area contributed by atoms with E-state index < -0.39 is 11.6 Å². The Bertz CT molecular complexity index is 522. The Morgan fingerprint density at radius 2 is 2.12 bits per heavy atom. The molecule has 0 fully saturated rings. The molecule has 1 N–H and O–H groups in total. The van der Waals surface area contributed by atoms with E-state index >= 15 is 0 Å². The van der Waals surface area contributed by atoms with Crippen LogP contribution >= 0.6 is 0 Å². The van der Waals surface area contributed by atoms with Crippen molar-refractivity contribution in [3.05, 3.63) is 53.6 Å². The fraction of sp³-hybridized carbons (Fsp3) is 0.250. The van der Waals surface area contributed by atoms with Crippen molar-refractivity contribution in [2.75, 3.05) is 7.05 Å². The Labute approximate surface area is 98.1 Å². The van der Waals surface area contributed by atoms with Crippen LogP contribution in [-0.2, 0) is 7.05 Å². The van der Waals surface area contributed by atoms with Crippen molar-refractivity contribution in [2.45, 2.75) is 6.04 Å². The SMILES string of the molecule is CNC(c1ccc(F)cc1F)c1cncn1C. The minimum atomic E-state index is -0.578. The van der Waals surface area contributed by atoms with Crippen LogP contribution in [0.15, 0.2) is 30.7 Å². The number of nitrogens with one attached hydrogen (secondary N) is 1. The summed E-state index contributed by atoms with van der Waals surface area (Å²) in [5.41, 5.74) is 1.22. The normalized spacial score (nSPS) is 12.7. The zero-order valence-corrected chi connectivity index (χ0v) is 9.61. The zero-order chi connectivity index (χ0) is 12.4. The molecule has 1 atom stereocenters. The number of nitrogens with zero attached hydrogens (tertiary/aromatic N) is 2. The van der Waals surface area contributed by atoms with Crippen LogP contribution in [0.4, 0.5) is 8.78 Å². The summed E-state index contributed by atoms with van der Waals surface area (Å²) in [6.45, 7) is 0. The van der Waals surface area contributed by atoms with Crippen molar-refractivity contribution in [2.24, 2.45) is 7.05 Å². The largest absolute Gasteiger partial charge is 0.336 e. The standard InChI is InChI=1S/C12H13F2N3/c1-15-12(11-6-16-7-17(11)2)9-4-3-8(13)5-10(9)14/h3-7,12,15H,1-2H3. The third-order valence-corrected chi connectivity index (χ3v) is 2.71. The first-order valence-electron chi connectivity index (χ1n) is 5.22. The van der Waals surface area contributed by atoms with Gasteiger partial charge in [0.25, 0.3) is 0 Å². The van der Waals surface area contributed by atoms with Crippen LogP contribution in [-0.4, -0.2) is 16.6 Å². The van der Waals surface area contributed by atoms with Gasteiger partial charge in [-0.25, -0.2) is 13.8 Å². The molecule has 0 aliphatic carbocycles. The lowest BCUT2D eigenvalue weighted by Crippen LogP contribution is -2.21. The topological polar surface area (TPSA) is 29.9 Å². The number of imidazole rings is 1. The van der Waals surface area contributed by atoms with Crippen molar-refractivity contribution in [3.63, 3.8) is 0 Å². The molecule has 2 rings (SSSR count). The van der Waals surface area contributed by atoms with Gasteiger partial charge < -0.3 is 9.88 Å². The van der Waals surface area contributed by atoms with E-state index in [0.29, 0.717) is 5.56 Å². The summed E-state index contributed by atoms with van der Waals surface area (Å²) in [6, 6.07) is 3.23. The van der Waals surface area contributed by atoms with Crippen LogP contribution in [0.1, 0.15) is 17.3 Å². The van der Waals surface area contributed by atoms with E-state index in [1.54, 1.807) is 24.1 Å². The maximum atomic E-state index is 13.7. The highest BCUT2D eigenvalue weighted by molar-refractivity contribution is 5.29. The van der Waals surface area contributed by atoms with E-state index in [4.69, 9.17) is 0 Å². The summed E-state index contributed by atoms with van der Waals surface area (Å²) in [6.07, 6.45) is 3.30.